The SMILES string of the molecule is Cc1nn(C(C)C)c(C)c1CC(=O)ON1C(=O)c2ccccc2C1=O. The van der Waals surface area contributed by atoms with E-state index in [2.05, 4.69) is 5.10 Å². The van der Waals surface area contributed by atoms with Crippen molar-refractivity contribution in [2.45, 2.75) is 40.2 Å². The van der Waals surface area contributed by atoms with E-state index < -0.39 is 17.8 Å². The summed E-state index contributed by atoms with van der Waals surface area (Å²) < 4.78 is 1.83. The van der Waals surface area contributed by atoms with Gasteiger partial charge < -0.3 is 4.84 Å². The van der Waals surface area contributed by atoms with Gasteiger partial charge in [0.05, 0.1) is 23.2 Å². The number of nitrogens with zero attached hydrogens (tertiary/aromatic N) is 3. The number of rotatable bonds is 4. The molecule has 0 saturated heterocycles. The molecule has 130 valence electrons. The molecular weight excluding hydrogens is 322 g/mol. The van der Waals surface area contributed by atoms with Crippen LogP contribution in [0.3, 0.4) is 0 Å². The number of carbonyl (C=O) groups excluding carboxylic acids is 3. The first-order chi connectivity index (χ1) is 11.8. The zero-order valence-corrected chi connectivity index (χ0v) is 14.6. The fourth-order valence-corrected chi connectivity index (χ4v) is 2.98. The number of benzene rings is 1. The molecule has 2 heterocycles. The molecule has 25 heavy (non-hydrogen) atoms. The van der Waals surface area contributed by atoms with E-state index >= 15 is 0 Å². The average molecular weight is 341 g/mol. The molecule has 7 nitrogen and oxygen atoms in total. The van der Waals surface area contributed by atoms with Gasteiger partial charge in [-0.25, -0.2) is 4.79 Å². The first-order valence-electron chi connectivity index (χ1n) is 8.04. The molecule has 1 aliphatic rings. The lowest BCUT2D eigenvalue weighted by Crippen LogP contribution is -2.33. The van der Waals surface area contributed by atoms with Gasteiger partial charge in [0.1, 0.15) is 0 Å². The lowest BCUT2D eigenvalue weighted by atomic mass is 10.1. The second kappa shape index (κ2) is 6.16. The Labute approximate surface area is 145 Å². The highest BCUT2D eigenvalue weighted by Crippen LogP contribution is 2.24. The Morgan fingerprint density at radius 1 is 1.12 bits per heavy atom. The normalized spacial score (nSPS) is 13.6. The molecule has 3 rings (SSSR count). The fraction of sp³-hybridized carbons (Fsp3) is 0.333. The monoisotopic (exact) mass is 341 g/mol. The highest BCUT2D eigenvalue weighted by molar-refractivity contribution is 6.20. The molecule has 0 radical (unpaired) electrons. The van der Waals surface area contributed by atoms with Crippen molar-refractivity contribution in [2.75, 3.05) is 0 Å². The zero-order valence-electron chi connectivity index (χ0n) is 14.6. The molecule has 0 N–H and O–H groups in total. The van der Waals surface area contributed by atoms with Gasteiger partial charge in [0, 0.05) is 17.3 Å². The van der Waals surface area contributed by atoms with Crippen molar-refractivity contribution < 1.29 is 19.2 Å². The van der Waals surface area contributed by atoms with E-state index in [0.717, 1.165) is 17.0 Å². The van der Waals surface area contributed by atoms with Crippen LogP contribution >= 0.6 is 0 Å². The van der Waals surface area contributed by atoms with Gasteiger partial charge in [0.15, 0.2) is 0 Å². The molecule has 0 aliphatic carbocycles. The molecule has 0 spiro atoms. The Morgan fingerprint density at radius 2 is 1.68 bits per heavy atom. The Hall–Kier alpha value is -2.96. The van der Waals surface area contributed by atoms with E-state index in [0.29, 0.717) is 5.06 Å². The molecule has 0 atom stereocenters. The minimum absolute atomic E-state index is 0.0577. The summed E-state index contributed by atoms with van der Waals surface area (Å²) in [6.07, 6.45) is -0.0577. The van der Waals surface area contributed by atoms with E-state index in [4.69, 9.17) is 4.84 Å². The third kappa shape index (κ3) is 2.82. The van der Waals surface area contributed by atoms with Crippen molar-refractivity contribution in [3.05, 3.63) is 52.3 Å². The first-order valence-corrected chi connectivity index (χ1v) is 8.04. The summed E-state index contributed by atoms with van der Waals surface area (Å²) in [5.74, 6) is -1.93. The maximum atomic E-state index is 12.3. The van der Waals surface area contributed by atoms with Crippen LogP contribution in [0.4, 0.5) is 0 Å². The van der Waals surface area contributed by atoms with Gasteiger partial charge in [-0.3, -0.25) is 14.3 Å². The molecule has 7 heteroatoms. The molecule has 1 aliphatic heterocycles. The van der Waals surface area contributed by atoms with Gasteiger partial charge in [-0.2, -0.15) is 5.10 Å². The van der Waals surface area contributed by atoms with E-state index in [1.807, 2.05) is 32.4 Å². The average Bonchev–Trinajstić information content (AvgIpc) is 2.98. The maximum Gasteiger partial charge on any atom is 0.337 e. The lowest BCUT2D eigenvalue weighted by molar-refractivity contribution is -0.167. The smallest absolute Gasteiger partial charge is 0.329 e. The lowest BCUT2D eigenvalue weighted by Gasteiger charge is -2.13. The van der Waals surface area contributed by atoms with E-state index in [9.17, 15) is 14.4 Å². The number of hydrogen-bond acceptors (Lipinski definition) is 5. The molecule has 0 unspecified atom stereocenters. The zero-order chi connectivity index (χ0) is 18.3. The second-order valence-electron chi connectivity index (χ2n) is 6.28. The molecule has 2 amide bonds. The molecule has 0 fully saturated rings. The van der Waals surface area contributed by atoms with Gasteiger partial charge in [-0.05, 0) is 39.8 Å². The van der Waals surface area contributed by atoms with E-state index in [1.54, 1.807) is 12.1 Å². The van der Waals surface area contributed by atoms with Gasteiger partial charge >= 0.3 is 5.97 Å². The van der Waals surface area contributed by atoms with Crippen LogP contribution in [0, 0.1) is 13.8 Å². The third-order valence-corrected chi connectivity index (χ3v) is 4.24. The van der Waals surface area contributed by atoms with Gasteiger partial charge in [-0.1, -0.05) is 17.2 Å². The highest BCUT2D eigenvalue weighted by Gasteiger charge is 2.38. The summed E-state index contributed by atoms with van der Waals surface area (Å²) >= 11 is 0. The van der Waals surface area contributed by atoms with Gasteiger partial charge in [0.2, 0.25) is 0 Å². The molecule has 0 saturated carbocycles. The molecule has 2 aromatic rings. The van der Waals surface area contributed by atoms with Crippen molar-refractivity contribution in [3.63, 3.8) is 0 Å². The Balaban J connectivity index is 1.77. The summed E-state index contributed by atoms with van der Waals surface area (Å²) in [6.45, 7) is 7.70. The number of imide groups is 1. The van der Waals surface area contributed by atoms with Crippen LogP contribution in [-0.4, -0.2) is 32.6 Å². The molecule has 1 aromatic heterocycles. The number of carbonyl (C=O) groups is 3. The Kier molecular flexibility index (Phi) is 4.16. The number of aryl methyl sites for hydroxylation is 1. The predicted molar refractivity (Wildman–Crippen MR) is 88.8 cm³/mol. The maximum absolute atomic E-state index is 12.3. The Bertz CT molecular complexity index is 847. The van der Waals surface area contributed by atoms with Crippen molar-refractivity contribution in [1.29, 1.82) is 0 Å². The summed E-state index contributed by atoms with van der Waals surface area (Å²) in [4.78, 5) is 41.8. The van der Waals surface area contributed by atoms with Crippen molar-refractivity contribution >= 4 is 17.8 Å². The van der Waals surface area contributed by atoms with Crippen LogP contribution in [0.1, 0.15) is 57.6 Å². The standard InChI is InChI=1S/C18H19N3O4/c1-10(2)20-12(4)15(11(3)19-20)9-16(22)25-21-17(23)13-7-5-6-8-14(13)18(21)24/h5-8,10H,9H2,1-4H3. The number of hydroxylamine groups is 2. The van der Waals surface area contributed by atoms with Gasteiger partial charge in [-0.15, -0.1) is 0 Å². The van der Waals surface area contributed by atoms with Crippen LogP contribution in [0.15, 0.2) is 24.3 Å². The number of aromatic nitrogens is 2. The summed E-state index contributed by atoms with van der Waals surface area (Å²) in [7, 11) is 0. The number of hydrogen-bond donors (Lipinski definition) is 0. The largest absolute Gasteiger partial charge is 0.337 e. The van der Waals surface area contributed by atoms with Crippen molar-refractivity contribution in [3.8, 4) is 0 Å². The second-order valence-corrected chi connectivity index (χ2v) is 6.28. The number of amides is 2. The van der Waals surface area contributed by atoms with E-state index in [-0.39, 0.29) is 23.6 Å². The van der Waals surface area contributed by atoms with Crippen molar-refractivity contribution in [1.82, 2.24) is 14.8 Å². The van der Waals surface area contributed by atoms with Crippen LogP contribution in [0.2, 0.25) is 0 Å². The fourth-order valence-electron chi connectivity index (χ4n) is 2.98. The molecule has 1 aromatic carbocycles. The number of fused-ring (bicyclic) bond motifs is 1. The van der Waals surface area contributed by atoms with Crippen LogP contribution < -0.4 is 0 Å². The third-order valence-electron chi connectivity index (χ3n) is 4.24. The Morgan fingerprint density at radius 3 is 2.16 bits per heavy atom. The van der Waals surface area contributed by atoms with Crippen LogP contribution in [0.25, 0.3) is 0 Å². The van der Waals surface area contributed by atoms with E-state index in [1.165, 1.54) is 12.1 Å². The van der Waals surface area contributed by atoms with Gasteiger partial charge in [0.25, 0.3) is 11.8 Å². The molecular formula is C18H19N3O4. The minimum Gasteiger partial charge on any atom is -0.329 e. The predicted octanol–water partition coefficient (Wildman–Crippen LogP) is 2.38. The summed E-state index contributed by atoms with van der Waals surface area (Å²) in [5, 5.41) is 4.95. The van der Waals surface area contributed by atoms with Crippen molar-refractivity contribution in [2.24, 2.45) is 0 Å². The topological polar surface area (TPSA) is 81.5 Å². The summed E-state index contributed by atoms with van der Waals surface area (Å²) in [5.41, 5.74) is 2.81. The summed E-state index contributed by atoms with van der Waals surface area (Å²) in [6, 6.07) is 6.54. The molecule has 0 bridgehead atoms. The van der Waals surface area contributed by atoms with Crippen LogP contribution in [0.5, 0.6) is 0 Å². The van der Waals surface area contributed by atoms with Crippen LogP contribution in [-0.2, 0) is 16.1 Å². The quantitative estimate of drug-likeness (QED) is 0.798. The first kappa shape index (κ1) is 16.9. The minimum atomic E-state index is -0.677. The highest BCUT2D eigenvalue weighted by atomic mass is 16.7.